The van der Waals surface area contributed by atoms with Crippen LogP contribution in [0.5, 0.6) is 5.75 Å². The SMILES string of the molecule is O=C(Oc1c(F)c(F)c(S(=O)(=O)[O-])c(F)c1F)c1cc(I)ccc1Br. The molecule has 2 aromatic rings. The van der Waals surface area contributed by atoms with E-state index < -0.39 is 50.0 Å². The topological polar surface area (TPSA) is 83.5 Å². The van der Waals surface area contributed by atoms with Gasteiger partial charge in [0.15, 0.2) is 11.6 Å². The molecule has 0 amide bonds. The molecule has 0 N–H and O–H groups in total. The van der Waals surface area contributed by atoms with Gasteiger partial charge in [-0.25, -0.2) is 22.0 Å². The highest BCUT2D eigenvalue weighted by Crippen LogP contribution is 2.33. The van der Waals surface area contributed by atoms with Crippen molar-refractivity contribution in [2.24, 2.45) is 0 Å². The first kappa shape index (κ1) is 20.1. The zero-order valence-electron chi connectivity index (χ0n) is 11.4. The Morgan fingerprint density at radius 1 is 1.08 bits per heavy atom. The summed E-state index contributed by atoms with van der Waals surface area (Å²) in [5.74, 6) is -12.8. The molecule has 25 heavy (non-hydrogen) atoms. The van der Waals surface area contributed by atoms with E-state index in [4.69, 9.17) is 0 Å². The molecule has 0 bridgehead atoms. The second-order valence-corrected chi connectivity index (χ2v) is 7.80. The molecule has 0 aliphatic heterocycles. The van der Waals surface area contributed by atoms with Gasteiger partial charge in [0.2, 0.25) is 17.4 Å². The summed E-state index contributed by atoms with van der Waals surface area (Å²) in [6.07, 6.45) is 0. The second-order valence-electron chi connectivity index (χ2n) is 4.38. The van der Waals surface area contributed by atoms with Crippen molar-refractivity contribution in [1.82, 2.24) is 0 Å². The maximum Gasteiger partial charge on any atom is 0.344 e. The molecule has 12 heteroatoms. The number of esters is 1. The summed E-state index contributed by atoms with van der Waals surface area (Å²) in [5.41, 5.74) is -0.216. The Labute approximate surface area is 160 Å². The molecule has 0 aliphatic rings. The Bertz CT molecular complexity index is 967. The first-order chi connectivity index (χ1) is 11.4. The van der Waals surface area contributed by atoms with Gasteiger partial charge in [-0.2, -0.15) is 8.78 Å². The first-order valence-corrected chi connectivity index (χ1v) is 9.22. The molecule has 0 unspecified atom stereocenters. The quantitative estimate of drug-likeness (QED) is 0.144. The number of carbonyl (C=O) groups excluding carboxylic acids is 1. The maximum atomic E-state index is 13.8. The van der Waals surface area contributed by atoms with Crippen molar-refractivity contribution >= 4 is 54.6 Å². The monoisotopic (exact) mass is 553 g/mol. The molecule has 0 aromatic heterocycles. The Kier molecular flexibility index (Phi) is 5.75. The highest BCUT2D eigenvalue weighted by atomic mass is 127. The minimum atomic E-state index is -5.85. The fraction of sp³-hybridized carbons (Fsp3) is 0. The highest BCUT2D eigenvalue weighted by Gasteiger charge is 2.31. The van der Waals surface area contributed by atoms with Crippen LogP contribution in [0.2, 0.25) is 0 Å². The van der Waals surface area contributed by atoms with Gasteiger partial charge >= 0.3 is 5.97 Å². The number of hydrogen-bond donors (Lipinski definition) is 0. The summed E-state index contributed by atoms with van der Waals surface area (Å²) in [6, 6.07) is 4.25. The van der Waals surface area contributed by atoms with Crippen molar-refractivity contribution in [1.29, 1.82) is 0 Å². The van der Waals surface area contributed by atoms with E-state index in [-0.39, 0.29) is 10.0 Å². The van der Waals surface area contributed by atoms with E-state index in [9.17, 15) is 35.3 Å². The lowest BCUT2D eigenvalue weighted by molar-refractivity contribution is 0.0715. The van der Waals surface area contributed by atoms with E-state index in [0.717, 1.165) is 0 Å². The van der Waals surface area contributed by atoms with Gasteiger partial charge in [-0.1, -0.05) is 0 Å². The molecule has 2 aromatic carbocycles. The molecule has 2 rings (SSSR count). The Morgan fingerprint density at radius 2 is 1.60 bits per heavy atom. The molecule has 0 saturated carbocycles. The van der Waals surface area contributed by atoms with Gasteiger partial charge in [0, 0.05) is 8.04 Å². The van der Waals surface area contributed by atoms with E-state index >= 15 is 0 Å². The molecule has 0 heterocycles. The van der Waals surface area contributed by atoms with Gasteiger partial charge in [-0.05, 0) is 56.7 Å². The zero-order chi connectivity index (χ0) is 19.1. The van der Waals surface area contributed by atoms with Gasteiger partial charge in [-0.15, -0.1) is 0 Å². The van der Waals surface area contributed by atoms with Crippen molar-refractivity contribution in [3.8, 4) is 5.75 Å². The Morgan fingerprint density at radius 3 is 2.08 bits per heavy atom. The van der Waals surface area contributed by atoms with Gasteiger partial charge in [-0.3, -0.25) is 0 Å². The third-order valence-electron chi connectivity index (χ3n) is 2.78. The van der Waals surface area contributed by atoms with Crippen LogP contribution in [0.3, 0.4) is 0 Å². The number of rotatable bonds is 3. The minimum absolute atomic E-state index is 0.165. The summed E-state index contributed by atoms with van der Waals surface area (Å²) >= 11 is 4.81. The minimum Gasteiger partial charge on any atom is -0.744 e. The van der Waals surface area contributed by atoms with E-state index in [1.54, 1.807) is 6.07 Å². The van der Waals surface area contributed by atoms with Crippen LogP contribution >= 0.6 is 38.5 Å². The van der Waals surface area contributed by atoms with E-state index in [0.29, 0.717) is 3.57 Å². The number of ether oxygens (including phenoxy) is 1. The van der Waals surface area contributed by atoms with E-state index in [1.165, 1.54) is 12.1 Å². The van der Waals surface area contributed by atoms with Crippen molar-refractivity contribution in [3.63, 3.8) is 0 Å². The van der Waals surface area contributed by atoms with Gasteiger partial charge in [0.25, 0.3) is 0 Å². The third-order valence-corrected chi connectivity index (χ3v) is 5.00. The lowest BCUT2D eigenvalue weighted by Crippen LogP contribution is -2.16. The van der Waals surface area contributed by atoms with Crippen LogP contribution in [0.25, 0.3) is 0 Å². The number of hydrogen-bond acceptors (Lipinski definition) is 5. The molecule has 0 radical (unpaired) electrons. The number of benzene rings is 2. The van der Waals surface area contributed by atoms with Crippen molar-refractivity contribution in [3.05, 3.63) is 55.1 Å². The summed E-state index contributed by atoms with van der Waals surface area (Å²) in [4.78, 5) is 9.65. The second kappa shape index (κ2) is 7.17. The van der Waals surface area contributed by atoms with Crippen LogP contribution in [-0.2, 0) is 10.1 Å². The van der Waals surface area contributed by atoms with Crippen LogP contribution in [0.15, 0.2) is 27.6 Å². The molecule has 0 saturated heterocycles. The van der Waals surface area contributed by atoms with Gasteiger partial charge < -0.3 is 9.29 Å². The first-order valence-electron chi connectivity index (χ1n) is 5.94. The van der Waals surface area contributed by atoms with E-state index in [1.807, 2.05) is 22.6 Å². The van der Waals surface area contributed by atoms with Crippen molar-refractivity contribution in [2.75, 3.05) is 0 Å². The molecular weight excluding hydrogens is 551 g/mol. The summed E-state index contributed by atoms with van der Waals surface area (Å²) in [7, 11) is -5.85. The molecule has 0 spiro atoms. The molecular formula is C13H3BrF4IO5S-. The van der Waals surface area contributed by atoms with Crippen molar-refractivity contribution < 1.29 is 40.1 Å². The number of halogens is 6. The maximum absolute atomic E-state index is 13.8. The standard InChI is InChI=1S/C13H4BrF4IO5S/c14-6-2-1-4(19)3-5(6)13(20)24-11-7(15)9(17)12(25(21,22)23)10(18)8(11)16/h1-3H,(H,21,22,23)/p-1. The molecule has 134 valence electrons. The third kappa shape index (κ3) is 3.96. The fourth-order valence-electron chi connectivity index (χ4n) is 1.70. The van der Waals surface area contributed by atoms with Gasteiger partial charge in [0.05, 0.1) is 5.56 Å². The average molecular weight is 554 g/mol. The molecule has 0 aliphatic carbocycles. The average Bonchev–Trinajstić information content (AvgIpc) is 2.50. The zero-order valence-corrected chi connectivity index (χ0v) is 16.0. The number of carbonyl (C=O) groups is 1. The molecule has 0 atom stereocenters. The van der Waals surface area contributed by atoms with Crippen LogP contribution in [0.1, 0.15) is 10.4 Å². The van der Waals surface area contributed by atoms with Crippen LogP contribution in [0.4, 0.5) is 17.6 Å². The summed E-state index contributed by atoms with van der Waals surface area (Å²) in [6.45, 7) is 0. The predicted octanol–water partition coefficient (Wildman–Crippen LogP) is 3.73. The molecule has 0 fully saturated rings. The Balaban J connectivity index is 2.58. The predicted molar refractivity (Wildman–Crippen MR) is 86.1 cm³/mol. The van der Waals surface area contributed by atoms with Crippen LogP contribution in [-0.4, -0.2) is 18.9 Å². The normalized spacial score (nSPS) is 11.5. The molecule has 5 nitrogen and oxygen atoms in total. The lowest BCUT2D eigenvalue weighted by Gasteiger charge is -2.14. The fourth-order valence-corrected chi connectivity index (χ4v) is 3.22. The summed E-state index contributed by atoms with van der Waals surface area (Å²) in [5, 5.41) is 0. The smallest absolute Gasteiger partial charge is 0.344 e. The highest BCUT2D eigenvalue weighted by molar-refractivity contribution is 14.1. The Hall–Kier alpha value is -1.25. The summed E-state index contributed by atoms with van der Waals surface area (Å²) < 4.78 is 92.1. The van der Waals surface area contributed by atoms with Crippen molar-refractivity contribution in [2.45, 2.75) is 4.90 Å². The van der Waals surface area contributed by atoms with Crippen LogP contribution < -0.4 is 4.74 Å². The van der Waals surface area contributed by atoms with E-state index in [2.05, 4.69) is 20.7 Å². The largest absolute Gasteiger partial charge is 0.744 e. The van der Waals surface area contributed by atoms with Gasteiger partial charge in [0.1, 0.15) is 15.0 Å². The van der Waals surface area contributed by atoms with Crippen LogP contribution in [0, 0.1) is 26.8 Å². The lowest BCUT2D eigenvalue weighted by atomic mass is 10.2.